The summed E-state index contributed by atoms with van der Waals surface area (Å²) >= 11 is 3.38. The molecule has 0 saturated carbocycles. The van der Waals surface area contributed by atoms with E-state index in [-0.39, 0.29) is 0 Å². The maximum absolute atomic E-state index is 5.95. The van der Waals surface area contributed by atoms with Crippen molar-refractivity contribution in [2.75, 3.05) is 5.73 Å². The van der Waals surface area contributed by atoms with Gasteiger partial charge in [-0.25, -0.2) is 0 Å². The fourth-order valence-electron chi connectivity index (χ4n) is 1.53. The molecule has 0 spiro atoms. The van der Waals surface area contributed by atoms with Crippen molar-refractivity contribution < 1.29 is 4.52 Å². The minimum Gasteiger partial charge on any atom is -0.397 e. The first-order valence-electron chi connectivity index (χ1n) is 5.45. The van der Waals surface area contributed by atoms with Crippen LogP contribution in [0.3, 0.4) is 0 Å². The molecule has 0 bridgehead atoms. The summed E-state index contributed by atoms with van der Waals surface area (Å²) in [5.74, 6) is 1.69. The molecule has 0 fully saturated rings. The van der Waals surface area contributed by atoms with Gasteiger partial charge in [-0.05, 0) is 34.0 Å². The number of benzene rings is 1. The zero-order chi connectivity index (χ0) is 12.4. The van der Waals surface area contributed by atoms with Gasteiger partial charge >= 0.3 is 0 Å². The molecule has 0 aliphatic carbocycles. The van der Waals surface area contributed by atoms with Crippen molar-refractivity contribution in [3.05, 3.63) is 28.5 Å². The Hall–Kier alpha value is -1.36. The predicted molar refractivity (Wildman–Crippen MR) is 70.4 cm³/mol. The van der Waals surface area contributed by atoms with Crippen LogP contribution in [0.5, 0.6) is 0 Å². The third kappa shape index (κ3) is 2.66. The molecule has 2 rings (SSSR count). The molecule has 1 heterocycles. The Morgan fingerprint density at radius 1 is 1.41 bits per heavy atom. The van der Waals surface area contributed by atoms with Crippen molar-refractivity contribution in [3.63, 3.8) is 0 Å². The number of hydrogen-bond acceptors (Lipinski definition) is 4. The zero-order valence-electron chi connectivity index (χ0n) is 9.77. The van der Waals surface area contributed by atoms with Crippen LogP contribution in [-0.4, -0.2) is 10.1 Å². The van der Waals surface area contributed by atoms with Crippen LogP contribution < -0.4 is 5.73 Å². The second kappa shape index (κ2) is 4.87. The smallest absolute Gasteiger partial charge is 0.260 e. The second-order valence-electron chi connectivity index (χ2n) is 4.31. The van der Waals surface area contributed by atoms with E-state index in [0.29, 0.717) is 17.5 Å². The van der Waals surface area contributed by atoms with E-state index in [4.69, 9.17) is 10.3 Å². The molecular weight excluding hydrogens is 282 g/mol. The first kappa shape index (κ1) is 12.1. The molecule has 0 amide bonds. The van der Waals surface area contributed by atoms with Gasteiger partial charge in [-0.2, -0.15) is 4.98 Å². The summed E-state index contributed by atoms with van der Waals surface area (Å²) in [5, 5.41) is 3.95. The van der Waals surface area contributed by atoms with E-state index in [0.717, 1.165) is 22.3 Å². The zero-order valence-corrected chi connectivity index (χ0v) is 11.4. The summed E-state index contributed by atoms with van der Waals surface area (Å²) in [4.78, 5) is 4.34. The van der Waals surface area contributed by atoms with E-state index in [1.807, 2.05) is 18.2 Å². The summed E-state index contributed by atoms with van der Waals surface area (Å²) in [6.07, 6.45) is 0.803. The third-order valence-corrected chi connectivity index (χ3v) is 3.03. The van der Waals surface area contributed by atoms with Gasteiger partial charge in [0.05, 0.1) is 11.3 Å². The van der Waals surface area contributed by atoms with E-state index in [9.17, 15) is 0 Å². The van der Waals surface area contributed by atoms with E-state index in [1.54, 1.807) is 0 Å². The maximum atomic E-state index is 5.95. The molecule has 4 nitrogen and oxygen atoms in total. The average molecular weight is 296 g/mol. The number of nitrogen functional groups attached to an aromatic ring is 1. The molecule has 1 aromatic heterocycles. The van der Waals surface area contributed by atoms with Gasteiger partial charge in [0.15, 0.2) is 5.82 Å². The molecule has 1 aromatic carbocycles. The van der Waals surface area contributed by atoms with Gasteiger partial charge in [0, 0.05) is 10.9 Å². The Labute approximate surface area is 108 Å². The Balaban J connectivity index is 2.34. The Kier molecular flexibility index (Phi) is 3.47. The van der Waals surface area contributed by atoms with Crippen LogP contribution in [0.1, 0.15) is 19.7 Å². The van der Waals surface area contributed by atoms with Crippen molar-refractivity contribution in [2.45, 2.75) is 20.3 Å². The molecule has 0 aliphatic rings. The summed E-state index contributed by atoms with van der Waals surface area (Å²) < 4.78 is 6.06. The normalized spacial score (nSPS) is 11.1. The first-order chi connectivity index (χ1) is 8.08. The molecule has 0 atom stereocenters. The standard InChI is InChI=1S/C12H14BrN3O/c1-7(2)6-10-15-12(17-16-10)8-4-3-5-9(13)11(8)14/h3-5,7H,6,14H2,1-2H3. The highest BCUT2D eigenvalue weighted by molar-refractivity contribution is 9.10. The average Bonchev–Trinajstić information content (AvgIpc) is 2.69. The van der Waals surface area contributed by atoms with E-state index < -0.39 is 0 Å². The predicted octanol–water partition coefficient (Wildman–Crippen LogP) is 3.28. The topological polar surface area (TPSA) is 64.9 Å². The van der Waals surface area contributed by atoms with Crippen molar-refractivity contribution in [2.24, 2.45) is 5.92 Å². The quantitative estimate of drug-likeness (QED) is 0.883. The van der Waals surface area contributed by atoms with Crippen molar-refractivity contribution in [1.29, 1.82) is 0 Å². The van der Waals surface area contributed by atoms with Gasteiger partial charge in [0.25, 0.3) is 5.89 Å². The fraction of sp³-hybridized carbons (Fsp3) is 0.333. The molecule has 90 valence electrons. The number of hydrogen-bond donors (Lipinski definition) is 1. The molecule has 5 heteroatoms. The molecule has 17 heavy (non-hydrogen) atoms. The third-order valence-electron chi connectivity index (χ3n) is 2.34. The molecule has 0 aliphatic heterocycles. The van der Waals surface area contributed by atoms with Crippen molar-refractivity contribution in [3.8, 4) is 11.5 Å². The summed E-state index contributed by atoms with van der Waals surface area (Å²) in [6, 6.07) is 5.64. The number of halogens is 1. The van der Waals surface area contributed by atoms with Gasteiger partial charge in [0.2, 0.25) is 0 Å². The highest BCUT2D eigenvalue weighted by Crippen LogP contribution is 2.30. The SMILES string of the molecule is CC(C)Cc1noc(-c2cccc(Br)c2N)n1. The van der Waals surface area contributed by atoms with Crippen LogP contribution >= 0.6 is 15.9 Å². The summed E-state index contributed by atoms with van der Waals surface area (Å²) in [6.45, 7) is 4.23. The van der Waals surface area contributed by atoms with Gasteiger partial charge in [-0.1, -0.05) is 25.1 Å². The largest absolute Gasteiger partial charge is 0.397 e. The second-order valence-corrected chi connectivity index (χ2v) is 5.17. The van der Waals surface area contributed by atoms with Crippen LogP contribution in [0.25, 0.3) is 11.5 Å². The van der Waals surface area contributed by atoms with Crippen LogP contribution in [0.2, 0.25) is 0 Å². The summed E-state index contributed by atoms with van der Waals surface area (Å²) in [7, 11) is 0. The maximum Gasteiger partial charge on any atom is 0.260 e. The van der Waals surface area contributed by atoms with Crippen LogP contribution in [0.4, 0.5) is 5.69 Å². The van der Waals surface area contributed by atoms with Crippen LogP contribution in [0.15, 0.2) is 27.2 Å². The molecule has 0 unspecified atom stereocenters. The molecule has 2 N–H and O–H groups in total. The Bertz CT molecular complexity index is 522. The van der Waals surface area contributed by atoms with E-state index >= 15 is 0 Å². The van der Waals surface area contributed by atoms with Crippen molar-refractivity contribution >= 4 is 21.6 Å². The van der Waals surface area contributed by atoms with Gasteiger partial charge < -0.3 is 10.3 Å². The number of rotatable bonds is 3. The van der Waals surface area contributed by atoms with Crippen LogP contribution in [-0.2, 0) is 6.42 Å². The molecule has 2 aromatic rings. The lowest BCUT2D eigenvalue weighted by Crippen LogP contribution is -1.96. The molecule has 0 radical (unpaired) electrons. The lowest BCUT2D eigenvalue weighted by Gasteiger charge is -2.01. The molecule has 0 saturated heterocycles. The monoisotopic (exact) mass is 295 g/mol. The Morgan fingerprint density at radius 3 is 2.88 bits per heavy atom. The minimum atomic E-state index is 0.472. The number of para-hydroxylation sites is 1. The first-order valence-corrected chi connectivity index (χ1v) is 6.24. The number of aromatic nitrogens is 2. The Morgan fingerprint density at radius 2 is 2.18 bits per heavy atom. The number of nitrogens with zero attached hydrogens (tertiary/aromatic N) is 2. The lowest BCUT2D eigenvalue weighted by atomic mass is 10.1. The van der Waals surface area contributed by atoms with Crippen LogP contribution in [0, 0.1) is 5.92 Å². The van der Waals surface area contributed by atoms with E-state index in [1.165, 1.54) is 0 Å². The number of anilines is 1. The fourth-order valence-corrected chi connectivity index (χ4v) is 1.90. The highest BCUT2D eigenvalue weighted by atomic mass is 79.9. The van der Waals surface area contributed by atoms with Gasteiger partial charge in [-0.15, -0.1) is 0 Å². The van der Waals surface area contributed by atoms with Crippen molar-refractivity contribution in [1.82, 2.24) is 10.1 Å². The van der Waals surface area contributed by atoms with E-state index in [2.05, 4.69) is 39.9 Å². The minimum absolute atomic E-state index is 0.472. The number of nitrogens with two attached hydrogens (primary N) is 1. The highest BCUT2D eigenvalue weighted by Gasteiger charge is 2.13. The van der Waals surface area contributed by atoms with Gasteiger partial charge in [-0.3, -0.25) is 0 Å². The summed E-state index contributed by atoms with van der Waals surface area (Å²) in [5.41, 5.74) is 7.33. The van der Waals surface area contributed by atoms with Gasteiger partial charge in [0.1, 0.15) is 0 Å². The lowest BCUT2D eigenvalue weighted by molar-refractivity contribution is 0.418. The molecular formula is C12H14BrN3O.